The van der Waals surface area contributed by atoms with Crippen LogP contribution >= 0.6 is 28.3 Å². The molecule has 2 N–H and O–H groups in total. The largest absolute Gasteiger partial charge is 0.338 e. The molecule has 1 aliphatic heterocycles. The zero-order valence-electron chi connectivity index (χ0n) is 11.6. The molecule has 0 saturated carbocycles. The summed E-state index contributed by atoms with van der Waals surface area (Å²) in [4.78, 5) is 14.4. The number of carbonyl (C=O) groups is 1. The molecule has 0 aromatic heterocycles. The Balaban J connectivity index is 0.00000161. The maximum absolute atomic E-state index is 12.5. The summed E-state index contributed by atoms with van der Waals surface area (Å²) in [5, 5.41) is 2.23. The number of nitrogens with two attached hydrogens (primary N) is 1. The fourth-order valence-corrected chi connectivity index (χ4v) is 3.12. The van der Waals surface area contributed by atoms with Crippen LogP contribution in [0.15, 0.2) is 40.9 Å². The maximum atomic E-state index is 12.5. The standard InChI is InChI=1S/C16H17BrN2O.ClH/c17-15-4-3-12-7-14(2-1-13(12)8-15)16(20)19-6-5-11(9-18)10-19;/h1-4,7-8,11H,5-6,9-10,18H2;1H. The predicted octanol–water partition coefficient (Wildman–Crippen LogP) is 3.44. The highest BCUT2D eigenvalue weighted by Gasteiger charge is 2.25. The molecule has 112 valence electrons. The quantitative estimate of drug-likeness (QED) is 0.881. The second-order valence-corrected chi connectivity index (χ2v) is 6.26. The first kappa shape index (κ1) is 16.3. The minimum atomic E-state index is 0. The summed E-state index contributed by atoms with van der Waals surface area (Å²) in [5.74, 6) is 0.570. The van der Waals surface area contributed by atoms with Crippen LogP contribution in [0.25, 0.3) is 10.8 Å². The Morgan fingerprint density at radius 2 is 1.95 bits per heavy atom. The molecule has 1 unspecified atom stereocenters. The lowest BCUT2D eigenvalue weighted by Gasteiger charge is -2.16. The van der Waals surface area contributed by atoms with Crippen LogP contribution in [0.1, 0.15) is 16.8 Å². The number of hydrogen-bond acceptors (Lipinski definition) is 2. The van der Waals surface area contributed by atoms with Crippen LogP contribution in [0.4, 0.5) is 0 Å². The van der Waals surface area contributed by atoms with E-state index >= 15 is 0 Å². The highest BCUT2D eigenvalue weighted by molar-refractivity contribution is 9.10. The molecule has 3 rings (SSSR count). The van der Waals surface area contributed by atoms with Crippen LogP contribution in [0.3, 0.4) is 0 Å². The van der Waals surface area contributed by atoms with Gasteiger partial charge in [0.2, 0.25) is 0 Å². The summed E-state index contributed by atoms with van der Waals surface area (Å²) < 4.78 is 1.05. The van der Waals surface area contributed by atoms with Crippen molar-refractivity contribution in [1.29, 1.82) is 0 Å². The first-order chi connectivity index (χ1) is 9.67. The van der Waals surface area contributed by atoms with Crippen LogP contribution in [-0.2, 0) is 0 Å². The maximum Gasteiger partial charge on any atom is 0.253 e. The Bertz CT molecular complexity index is 662. The van der Waals surface area contributed by atoms with E-state index in [4.69, 9.17) is 5.73 Å². The van der Waals surface area contributed by atoms with E-state index in [9.17, 15) is 4.79 Å². The van der Waals surface area contributed by atoms with Crippen LogP contribution in [0, 0.1) is 5.92 Å². The number of benzene rings is 2. The molecule has 1 amide bonds. The number of carbonyl (C=O) groups excluding carboxylic acids is 1. The van der Waals surface area contributed by atoms with Gasteiger partial charge in [-0.15, -0.1) is 12.4 Å². The number of likely N-dealkylation sites (tertiary alicyclic amines) is 1. The first-order valence-corrected chi connectivity index (χ1v) is 7.65. The Morgan fingerprint density at radius 3 is 2.67 bits per heavy atom. The number of amides is 1. The molecule has 1 fully saturated rings. The highest BCUT2D eigenvalue weighted by Crippen LogP contribution is 2.23. The molecule has 5 heteroatoms. The minimum Gasteiger partial charge on any atom is -0.338 e. The number of hydrogen-bond donors (Lipinski definition) is 1. The van der Waals surface area contributed by atoms with E-state index in [0.29, 0.717) is 12.5 Å². The van der Waals surface area contributed by atoms with E-state index in [2.05, 4.69) is 22.0 Å². The first-order valence-electron chi connectivity index (χ1n) is 6.86. The molecule has 0 radical (unpaired) electrons. The van der Waals surface area contributed by atoms with Crippen LogP contribution in [0.5, 0.6) is 0 Å². The van der Waals surface area contributed by atoms with Crippen molar-refractivity contribution in [3.8, 4) is 0 Å². The lowest BCUT2D eigenvalue weighted by Crippen LogP contribution is -2.29. The van der Waals surface area contributed by atoms with E-state index in [1.165, 1.54) is 0 Å². The zero-order chi connectivity index (χ0) is 14.1. The van der Waals surface area contributed by atoms with Crippen molar-refractivity contribution in [2.24, 2.45) is 11.7 Å². The molecule has 1 saturated heterocycles. The Labute approximate surface area is 139 Å². The molecule has 1 heterocycles. The average Bonchev–Trinajstić information content (AvgIpc) is 2.95. The third-order valence-electron chi connectivity index (χ3n) is 3.96. The summed E-state index contributed by atoms with van der Waals surface area (Å²) in [6.07, 6.45) is 1.02. The molecule has 2 aromatic rings. The molecule has 0 aliphatic carbocycles. The average molecular weight is 370 g/mol. The van der Waals surface area contributed by atoms with Crippen molar-refractivity contribution in [1.82, 2.24) is 4.90 Å². The van der Waals surface area contributed by atoms with Gasteiger partial charge in [0.05, 0.1) is 0 Å². The topological polar surface area (TPSA) is 46.3 Å². The van der Waals surface area contributed by atoms with Gasteiger partial charge >= 0.3 is 0 Å². The Hall–Kier alpha value is -1.10. The zero-order valence-corrected chi connectivity index (χ0v) is 14.0. The molecule has 3 nitrogen and oxygen atoms in total. The molecular formula is C16H18BrClN2O. The Morgan fingerprint density at radius 1 is 1.24 bits per heavy atom. The van der Waals surface area contributed by atoms with Gasteiger partial charge in [-0.2, -0.15) is 0 Å². The van der Waals surface area contributed by atoms with Crippen molar-refractivity contribution >= 4 is 45.0 Å². The van der Waals surface area contributed by atoms with Gasteiger partial charge in [-0.1, -0.05) is 28.1 Å². The monoisotopic (exact) mass is 368 g/mol. The van der Waals surface area contributed by atoms with E-state index in [1.54, 1.807) is 0 Å². The van der Waals surface area contributed by atoms with Crippen LogP contribution < -0.4 is 5.73 Å². The van der Waals surface area contributed by atoms with E-state index in [0.717, 1.165) is 40.3 Å². The molecule has 1 atom stereocenters. The summed E-state index contributed by atoms with van der Waals surface area (Å²) in [5.41, 5.74) is 6.44. The molecule has 1 aliphatic rings. The smallest absolute Gasteiger partial charge is 0.253 e. The Kier molecular flexibility index (Phi) is 5.25. The van der Waals surface area contributed by atoms with Gasteiger partial charge in [0.25, 0.3) is 5.91 Å². The van der Waals surface area contributed by atoms with Gasteiger partial charge in [-0.25, -0.2) is 0 Å². The summed E-state index contributed by atoms with van der Waals surface area (Å²) >= 11 is 3.46. The third-order valence-corrected chi connectivity index (χ3v) is 4.45. The van der Waals surface area contributed by atoms with Gasteiger partial charge in [0.15, 0.2) is 0 Å². The summed E-state index contributed by atoms with van der Waals surface area (Å²) in [6, 6.07) is 12.0. The normalized spacial score (nSPS) is 17.8. The van der Waals surface area contributed by atoms with Crippen LogP contribution in [-0.4, -0.2) is 30.4 Å². The van der Waals surface area contributed by atoms with Crippen molar-refractivity contribution in [2.45, 2.75) is 6.42 Å². The van der Waals surface area contributed by atoms with E-state index in [1.807, 2.05) is 35.2 Å². The molecule has 0 bridgehead atoms. The fraction of sp³-hybridized carbons (Fsp3) is 0.312. The van der Waals surface area contributed by atoms with Crippen molar-refractivity contribution < 1.29 is 4.79 Å². The van der Waals surface area contributed by atoms with Gasteiger partial charge in [-0.05, 0) is 53.9 Å². The number of halogens is 2. The fourth-order valence-electron chi connectivity index (χ4n) is 2.74. The molecule has 2 aromatic carbocycles. The summed E-state index contributed by atoms with van der Waals surface area (Å²) in [7, 11) is 0. The second-order valence-electron chi connectivity index (χ2n) is 5.35. The van der Waals surface area contributed by atoms with Gasteiger partial charge in [0, 0.05) is 23.1 Å². The van der Waals surface area contributed by atoms with Gasteiger partial charge < -0.3 is 10.6 Å². The highest BCUT2D eigenvalue weighted by atomic mass is 79.9. The SMILES string of the molecule is Cl.NCC1CCN(C(=O)c2ccc3cc(Br)ccc3c2)C1. The van der Waals surface area contributed by atoms with Gasteiger partial charge in [0.1, 0.15) is 0 Å². The third kappa shape index (κ3) is 3.39. The number of rotatable bonds is 2. The molecule has 21 heavy (non-hydrogen) atoms. The van der Waals surface area contributed by atoms with Crippen molar-refractivity contribution in [2.75, 3.05) is 19.6 Å². The lowest BCUT2D eigenvalue weighted by atomic mass is 10.1. The van der Waals surface area contributed by atoms with Crippen molar-refractivity contribution in [3.63, 3.8) is 0 Å². The second kappa shape index (κ2) is 6.77. The van der Waals surface area contributed by atoms with Crippen LogP contribution in [0.2, 0.25) is 0 Å². The van der Waals surface area contributed by atoms with E-state index in [-0.39, 0.29) is 18.3 Å². The van der Waals surface area contributed by atoms with E-state index < -0.39 is 0 Å². The number of fused-ring (bicyclic) bond motifs is 1. The number of nitrogens with zero attached hydrogens (tertiary/aromatic N) is 1. The molecule has 0 spiro atoms. The lowest BCUT2D eigenvalue weighted by molar-refractivity contribution is 0.0788. The summed E-state index contributed by atoms with van der Waals surface area (Å²) in [6.45, 7) is 2.27. The molecular weight excluding hydrogens is 352 g/mol. The van der Waals surface area contributed by atoms with Gasteiger partial charge in [-0.3, -0.25) is 4.79 Å². The minimum absolute atomic E-state index is 0. The predicted molar refractivity (Wildman–Crippen MR) is 92.0 cm³/mol. The van der Waals surface area contributed by atoms with Crippen molar-refractivity contribution in [3.05, 3.63) is 46.4 Å².